The first kappa shape index (κ1) is 18.1. The molecular weight excluding hydrogens is 280 g/mol. The van der Waals surface area contributed by atoms with E-state index >= 15 is 0 Å². The van der Waals surface area contributed by atoms with Crippen LogP contribution in [0, 0.1) is 0 Å². The summed E-state index contributed by atoms with van der Waals surface area (Å²) in [5.41, 5.74) is 1.70. The molecule has 1 unspecified atom stereocenters. The lowest BCUT2D eigenvalue weighted by Crippen LogP contribution is -2.17. The highest BCUT2D eigenvalue weighted by molar-refractivity contribution is 8.00. The average molecular weight is 308 g/mol. The van der Waals surface area contributed by atoms with Crippen LogP contribution in [0.4, 0.5) is 0 Å². The number of aldehydes is 1. The molecule has 0 aliphatic heterocycles. The molecule has 118 valence electrons. The Hall–Kier alpha value is -0.960. The largest absolute Gasteiger partial charge is 0.507 e. The Kier molecular flexibility index (Phi) is 5.54. The molecule has 0 bridgehead atoms. The Morgan fingerprint density at radius 1 is 1.10 bits per heavy atom. The van der Waals surface area contributed by atoms with E-state index in [1.807, 2.05) is 0 Å². The fourth-order valence-corrected chi connectivity index (χ4v) is 3.25. The van der Waals surface area contributed by atoms with Gasteiger partial charge in [-0.3, -0.25) is 0 Å². The van der Waals surface area contributed by atoms with Crippen LogP contribution in [0.1, 0.15) is 66.0 Å². The molecule has 0 aliphatic rings. The van der Waals surface area contributed by atoms with Crippen LogP contribution in [0.25, 0.3) is 0 Å². The van der Waals surface area contributed by atoms with E-state index in [1.54, 1.807) is 11.8 Å². The van der Waals surface area contributed by atoms with Crippen molar-refractivity contribution in [2.45, 2.75) is 75.9 Å². The van der Waals surface area contributed by atoms with Gasteiger partial charge in [0.25, 0.3) is 0 Å². The molecule has 2 nitrogen and oxygen atoms in total. The minimum atomic E-state index is -0.117. The molecule has 1 N–H and O–H groups in total. The van der Waals surface area contributed by atoms with E-state index < -0.39 is 0 Å². The molecule has 0 aromatic heterocycles. The van der Waals surface area contributed by atoms with Crippen molar-refractivity contribution < 1.29 is 9.90 Å². The summed E-state index contributed by atoms with van der Waals surface area (Å²) >= 11 is 1.70. The van der Waals surface area contributed by atoms with Crippen molar-refractivity contribution >= 4 is 18.0 Å². The number of hydrogen-bond donors (Lipinski definition) is 1. The molecule has 0 heterocycles. The first-order valence-electron chi connectivity index (χ1n) is 7.45. The fraction of sp³-hybridized carbons (Fsp3) is 0.611. The second-order valence-corrected chi connectivity index (χ2v) is 9.21. The summed E-state index contributed by atoms with van der Waals surface area (Å²) in [4.78, 5) is 11.8. The van der Waals surface area contributed by atoms with Gasteiger partial charge in [0.2, 0.25) is 0 Å². The van der Waals surface area contributed by atoms with Gasteiger partial charge in [0.15, 0.2) is 0 Å². The predicted molar refractivity (Wildman–Crippen MR) is 91.5 cm³/mol. The summed E-state index contributed by atoms with van der Waals surface area (Å²) in [7, 11) is 0. The standard InChI is InChI=1S/C18H28O2S/c1-12(8-9-19)21-13-10-14(17(2,3)4)16(20)15(11-13)18(5,6)7/h9-12,20H,8H2,1-7H3. The Labute approximate surface area is 133 Å². The van der Waals surface area contributed by atoms with Crippen LogP contribution >= 0.6 is 11.8 Å². The lowest BCUT2D eigenvalue weighted by atomic mass is 9.79. The monoisotopic (exact) mass is 308 g/mol. The van der Waals surface area contributed by atoms with E-state index in [0.29, 0.717) is 12.2 Å². The molecule has 21 heavy (non-hydrogen) atoms. The molecule has 0 aliphatic carbocycles. The third-order valence-corrected chi connectivity index (χ3v) is 4.57. The van der Waals surface area contributed by atoms with E-state index in [4.69, 9.17) is 0 Å². The molecule has 0 spiro atoms. The number of benzene rings is 1. The van der Waals surface area contributed by atoms with E-state index in [0.717, 1.165) is 22.3 Å². The van der Waals surface area contributed by atoms with Crippen molar-refractivity contribution in [2.75, 3.05) is 0 Å². The van der Waals surface area contributed by atoms with Crippen molar-refractivity contribution in [1.29, 1.82) is 0 Å². The van der Waals surface area contributed by atoms with Gasteiger partial charge >= 0.3 is 0 Å². The quantitative estimate of drug-likeness (QED) is 0.624. The molecule has 0 amide bonds. The van der Waals surface area contributed by atoms with Crippen LogP contribution in [-0.4, -0.2) is 16.6 Å². The van der Waals surface area contributed by atoms with Gasteiger partial charge in [0, 0.05) is 27.7 Å². The van der Waals surface area contributed by atoms with Crippen molar-refractivity contribution in [3.63, 3.8) is 0 Å². The third kappa shape index (κ3) is 4.77. The third-order valence-electron chi connectivity index (χ3n) is 3.46. The SMILES string of the molecule is CC(CC=O)Sc1cc(C(C)(C)C)c(O)c(C(C)(C)C)c1. The van der Waals surface area contributed by atoms with Gasteiger partial charge in [0.05, 0.1) is 0 Å². The number of phenols is 1. The number of carbonyl (C=O) groups is 1. The van der Waals surface area contributed by atoms with Crippen molar-refractivity contribution in [2.24, 2.45) is 0 Å². The fourth-order valence-electron chi connectivity index (χ4n) is 2.24. The van der Waals surface area contributed by atoms with E-state index in [1.165, 1.54) is 0 Å². The Bertz CT molecular complexity index is 472. The van der Waals surface area contributed by atoms with Crippen molar-refractivity contribution in [3.8, 4) is 5.75 Å². The number of hydrogen-bond acceptors (Lipinski definition) is 3. The molecule has 0 saturated carbocycles. The van der Waals surface area contributed by atoms with Crippen LogP contribution in [0.2, 0.25) is 0 Å². The smallest absolute Gasteiger partial charge is 0.123 e. The maximum atomic E-state index is 10.7. The van der Waals surface area contributed by atoms with Gasteiger partial charge in [-0.15, -0.1) is 11.8 Å². The van der Waals surface area contributed by atoms with E-state index in [-0.39, 0.29) is 16.1 Å². The second kappa shape index (κ2) is 6.43. The van der Waals surface area contributed by atoms with Gasteiger partial charge < -0.3 is 9.90 Å². The van der Waals surface area contributed by atoms with Gasteiger partial charge in [0.1, 0.15) is 12.0 Å². The lowest BCUT2D eigenvalue weighted by Gasteiger charge is -2.28. The summed E-state index contributed by atoms with van der Waals surface area (Å²) in [5.74, 6) is 0.405. The summed E-state index contributed by atoms with van der Waals surface area (Å²) < 4.78 is 0. The molecule has 3 heteroatoms. The Balaban J connectivity index is 3.37. The molecule has 1 aromatic rings. The Morgan fingerprint density at radius 3 is 1.86 bits per heavy atom. The van der Waals surface area contributed by atoms with Gasteiger partial charge in [-0.05, 0) is 23.0 Å². The zero-order valence-electron chi connectivity index (χ0n) is 14.3. The summed E-state index contributed by atoms with van der Waals surface area (Å²) in [5, 5.41) is 10.9. The van der Waals surface area contributed by atoms with E-state index in [9.17, 15) is 9.90 Å². The van der Waals surface area contributed by atoms with Crippen LogP contribution in [0.3, 0.4) is 0 Å². The zero-order chi connectivity index (χ0) is 16.4. The molecular formula is C18H28O2S. The van der Waals surface area contributed by atoms with Crippen LogP contribution in [-0.2, 0) is 15.6 Å². The van der Waals surface area contributed by atoms with Gasteiger partial charge in [-0.25, -0.2) is 0 Å². The van der Waals surface area contributed by atoms with Crippen molar-refractivity contribution in [3.05, 3.63) is 23.3 Å². The van der Waals surface area contributed by atoms with Gasteiger partial charge in [-0.2, -0.15) is 0 Å². The molecule has 0 fully saturated rings. The molecule has 0 radical (unpaired) electrons. The minimum absolute atomic E-state index is 0.117. The number of carbonyl (C=O) groups excluding carboxylic acids is 1. The number of thioether (sulfide) groups is 1. The topological polar surface area (TPSA) is 37.3 Å². The van der Waals surface area contributed by atoms with Crippen LogP contribution in [0.15, 0.2) is 17.0 Å². The normalized spacial score (nSPS) is 14.0. The van der Waals surface area contributed by atoms with Crippen molar-refractivity contribution in [1.82, 2.24) is 0 Å². The highest BCUT2D eigenvalue weighted by Gasteiger charge is 2.26. The maximum Gasteiger partial charge on any atom is 0.123 e. The maximum absolute atomic E-state index is 10.7. The molecule has 1 aromatic carbocycles. The first-order valence-corrected chi connectivity index (χ1v) is 8.33. The Morgan fingerprint density at radius 2 is 1.52 bits per heavy atom. The summed E-state index contributed by atoms with van der Waals surface area (Å²) in [6, 6.07) is 4.13. The zero-order valence-corrected chi connectivity index (χ0v) is 15.1. The number of phenolic OH excluding ortho intramolecular Hbond substituents is 1. The van der Waals surface area contributed by atoms with Crippen LogP contribution in [0.5, 0.6) is 5.75 Å². The lowest BCUT2D eigenvalue weighted by molar-refractivity contribution is -0.107. The molecule has 0 saturated heterocycles. The minimum Gasteiger partial charge on any atom is -0.507 e. The predicted octanol–water partition coefficient (Wildman–Crippen LogP) is 5.06. The van der Waals surface area contributed by atoms with E-state index in [2.05, 4.69) is 60.6 Å². The van der Waals surface area contributed by atoms with Crippen LogP contribution < -0.4 is 0 Å². The summed E-state index contributed by atoms with van der Waals surface area (Å²) in [6.45, 7) is 14.7. The number of aromatic hydroxyl groups is 1. The second-order valence-electron chi connectivity index (χ2n) is 7.70. The average Bonchev–Trinajstić information content (AvgIpc) is 2.28. The van der Waals surface area contributed by atoms with Gasteiger partial charge in [-0.1, -0.05) is 48.5 Å². The molecule has 1 rings (SSSR count). The highest BCUT2D eigenvalue weighted by Crippen LogP contribution is 2.42. The highest BCUT2D eigenvalue weighted by atomic mass is 32.2. The number of rotatable bonds is 4. The summed E-state index contributed by atoms with van der Waals surface area (Å²) in [6.07, 6.45) is 1.51. The molecule has 1 atom stereocenters. The first-order chi connectivity index (χ1) is 9.46.